The molecule has 2 heteroatoms. The number of nitriles is 1. The van der Waals surface area contributed by atoms with E-state index in [0.29, 0.717) is 5.41 Å². The minimum absolute atomic E-state index is 0.110. The molecule has 2 nitrogen and oxygen atoms in total. The van der Waals surface area contributed by atoms with Gasteiger partial charge in [-0.25, -0.2) is 0 Å². The maximum Gasteiger partial charge on any atom is 0.0971 e. The molecule has 0 heterocycles. The van der Waals surface area contributed by atoms with Crippen molar-refractivity contribution in [1.82, 2.24) is 0 Å². The molecular weight excluding hydrogens is 196 g/mol. The minimum atomic E-state index is 0.110. The van der Waals surface area contributed by atoms with E-state index in [2.05, 4.69) is 18.2 Å². The average molecular weight is 214 g/mol. The van der Waals surface area contributed by atoms with E-state index < -0.39 is 0 Å². The predicted molar refractivity (Wildman–Crippen MR) is 63.2 cm³/mol. The lowest BCUT2D eigenvalue weighted by Gasteiger charge is -2.51. The van der Waals surface area contributed by atoms with E-state index in [0.717, 1.165) is 30.5 Å². The smallest absolute Gasteiger partial charge is 0.0971 e. The molecule has 3 aliphatic carbocycles. The molecule has 2 unspecified atom stereocenters. The van der Waals surface area contributed by atoms with E-state index in [9.17, 15) is 5.26 Å². The third-order valence-corrected chi connectivity index (χ3v) is 5.11. The number of nitrogens with zero attached hydrogens (tertiary/aromatic N) is 1. The Morgan fingerprint density at radius 3 is 2.75 bits per heavy atom. The molecule has 1 fully saturated rings. The fourth-order valence-electron chi connectivity index (χ4n) is 4.37. The molecule has 0 aromatic heterocycles. The Labute approximate surface area is 96.8 Å². The SMILES string of the molecule is N#CC1=C(N)CC23CC=CCC12CCCC3. The molecule has 1 saturated carbocycles. The second-order valence-corrected chi connectivity index (χ2v) is 5.64. The third kappa shape index (κ3) is 0.967. The zero-order valence-corrected chi connectivity index (χ0v) is 9.63. The number of rotatable bonds is 0. The lowest BCUT2D eigenvalue weighted by molar-refractivity contribution is 0.0343. The van der Waals surface area contributed by atoms with Gasteiger partial charge in [0.15, 0.2) is 0 Å². The second-order valence-electron chi connectivity index (χ2n) is 5.64. The van der Waals surface area contributed by atoms with Crippen LogP contribution in [0, 0.1) is 22.2 Å². The number of allylic oxidation sites excluding steroid dienone is 4. The van der Waals surface area contributed by atoms with Crippen LogP contribution in [-0.4, -0.2) is 0 Å². The highest BCUT2D eigenvalue weighted by molar-refractivity contribution is 5.44. The highest BCUT2D eigenvalue weighted by Crippen LogP contribution is 2.67. The summed E-state index contributed by atoms with van der Waals surface area (Å²) in [5.41, 5.74) is 8.35. The van der Waals surface area contributed by atoms with Crippen molar-refractivity contribution in [3.8, 4) is 6.07 Å². The molecule has 0 aliphatic heterocycles. The lowest BCUT2D eigenvalue weighted by Crippen LogP contribution is -2.43. The Hall–Kier alpha value is -1.23. The summed E-state index contributed by atoms with van der Waals surface area (Å²) in [6.45, 7) is 0. The Balaban J connectivity index is 2.16. The average Bonchev–Trinajstić information content (AvgIpc) is 2.56. The molecule has 84 valence electrons. The van der Waals surface area contributed by atoms with Crippen LogP contribution in [0.15, 0.2) is 23.4 Å². The zero-order valence-electron chi connectivity index (χ0n) is 9.63. The maximum absolute atomic E-state index is 9.39. The van der Waals surface area contributed by atoms with Crippen LogP contribution >= 0.6 is 0 Å². The maximum atomic E-state index is 9.39. The van der Waals surface area contributed by atoms with E-state index in [1.807, 2.05) is 0 Å². The molecule has 0 saturated heterocycles. The molecule has 0 aromatic carbocycles. The van der Waals surface area contributed by atoms with Crippen LogP contribution in [0.4, 0.5) is 0 Å². The van der Waals surface area contributed by atoms with Crippen molar-refractivity contribution in [3.63, 3.8) is 0 Å². The first-order valence-corrected chi connectivity index (χ1v) is 6.28. The third-order valence-electron chi connectivity index (χ3n) is 5.11. The van der Waals surface area contributed by atoms with Crippen LogP contribution in [0.25, 0.3) is 0 Å². The summed E-state index contributed by atoms with van der Waals surface area (Å²) in [6, 6.07) is 2.42. The van der Waals surface area contributed by atoms with Gasteiger partial charge < -0.3 is 5.73 Å². The minimum Gasteiger partial charge on any atom is -0.401 e. The van der Waals surface area contributed by atoms with E-state index in [1.165, 1.54) is 25.7 Å². The summed E-state index contributed by atoms with van der Waals surface area (Å²) < 4.78 is 0. The predicted octanol–water partition coefficient (Wildman–Crippen LogP) is 3.02. The number of hydrogen-bond acceptors (Lipinski definition) is 2. The lowest BCUT2D eigenvalue weighted by atomic mass is 9.51. The topological polar surface area (TPSA) is 49.8 Å². The second kappa shape index (κ2) is 3.13. The summed E-state index contributed by atoms with van der Waals surface area (Å²) in [5, 5.41) is 9.39. The van der Waals surface area contributed by atoms with Crippen molar-refractivity contribution in [2.24, 2.45) is 16.6 Å². The van der Waals surface area contributed by atoms with Gasteiger partial charge in [-0.1, -0.05) is 25.0 Å². The molecule has 0 aromatic rings. The number of hydrogen-bond donors (Lipinski definition) is 1. The van der Waals surface area contributed by atoms with Crippen LogP contribution in [0.1, 0.15) is 44.9 Å². The van der Waals surface area contributed by atoms with Gasteiger partial charge in [0.05, 0.1) is 11.6 Å². The summed E-state index contributed by atoms with van der Waals surface area (Å²) in [5.74, 6) is 0. The van der Waals surface area contributed by atoms with Gasteiger partial charge in [0.1, 0.15) is 0 Å². The van der Waals surface area contributed by atoms with Gasteiger partial charge in [0.2, 0.25) is 0 Å². The Kier molecular flexibility index (Phi) is 1.95. The molecule has 16 heavy (non-hydrogen) atoms. The first-order chi connectivity index (χ1) is 7.74. The van der Waals surface area contributed by atoms with Crippen molar-refractivity contribution in [2.45, 2.75) is 44.9 Å². The number of nitrogens with two attached hydrogens (primary N) is 1. The molecule has 3 rings (SSSR count). The fourth-order valence-corrected chi connectivity index (χ4v) is 4.37. The van der Waals surface area contributed by atoms with Crippen LogP contribution < -0.4 is 5.73 Å². The van der Waals surface area contributed by atoms with Crippen LogP contribution in [-0.2, 0) is 0 Å². The van der Waals surface area contributed by atoms with Crippen LogP contribution in [0.5, 0.6) is 0 Å². The summed E-state index contributed by atoms with van der Waals surface area (Å²) in [6.07, 6.45) is 12.7. The molecule has 0 radical (unpaired) electrons. The zero-order chi connectivity index (χ0) is 11.2. The van der Waals surface area contributed by atoms with Crippen LogP contribution in [0.3, 0.4) is 0 Å². The van der Waals surface area contributed by atoms with Gasteiger partial charge in [-0.3, -0.25) is 0 Å². The molecule has 0 bridgehead atoms. The van der Waals surface area contributed by atoms with Gasteiger partial charge in [-0.15, -0.1) is 0 Å². The summed E-state index contributed by atoms with van der Waals surface area (Å²) >= 11 is 0. The normalized spacial score (nSPS) is 41.4. The largest absolute Gasteiger partial charge is 0.401 e. The quantitative estimate of drug-likeness (QED) is 0.630. The van der Waals surface area contributed by atoms with E-state index in [1.54, 1.807) is 0 Å². The van der Waals surface area contributed by atoms with Crippen molar-refractivity contribution in [1.29, 1.82) is 5.26 Å². The molecule has 2 N–H and O–H groups in total. The monoisotopic (exact) mass is 214 g/mol. The van der Waals surface area contributed by atoms with E-state index >= 15 is 0 Å². The highest BCUT2D eigenvalue weighted by atomic mass is 14.7. The van der Waals surface area contributed by atoms with Crippen molar-refractivity contribution in [2.75, 3.05) is 0 Å². The van der Waals surface area contributed by atoms with Gasteiger partial charge in [-0.05, 0) is 37.5 Å². The summed E-state index contributed by atoms with van der Waals surface area (Å²) in [7, 11) is 0. The first-order valence-electron chi connectivity index (χ1n) is 6.28. The first kappa shape index (κ1) is 9.96. The Morgan fingerprint density at radius 2 is 1.94 bits per heavy atom. The molecule has 2 atom stereocenters. The highest BCUT2D eigenvalue weighted by Gasteiger charge is 2.59. The van der Waals surface area contributed by atoms with Crippen molar-refractivity contribution >= 4 is 0 Å². The summed E-state index contributed by atoms with van der Waals surface area (Å²) in [4.78, 5) is 0. The van der Waals surface area contributed by atoms with E-state index in [-0.39, 0.29) is 5.41 Å². The van der Waals surface area contributed by atoms with Gasteiger partial charge in [-0.2, -0.15) is 5.26 Å². The molecule has 0 amide bonds. The van der Waals surface area contributed by atoms with Gasteiger partial charge >= 0.3 is 0 Å². The fraction of sp³-hybridized carbons (Fsp3) is 0.643. The Bertz CT molecular complexity index is 427. The molecule has 0 spiro atoms. The molecule has 3 aliphatic rings. The van der Waals surface area contributed by atoms with Crippen molar-refractivity contribution in [3.05, 3.63) is 23.4 Å². The molecular formula is C14H18N2. The van der Waals surface area contributed by atoms with Crippen LogP contribution in [0.2, 0.25) is 0 Å². The van der Waals surface area contributed by atoms with Gasteiger partial charge in [0, 0.05) is 11.1 Å². The Morgan fingerprint density at radius 1 is 1.19 bits per heavy atom. The standard InChI is InChI=1S/C14H18N2/c15-10-11-12(16)9-13-5-1-3-7-14(11,13)8-4-2-6-13/h1,3H,2,4-9,16H2. The van der Waals surface area contributed by atoms with E-state index in [4.69, 9.17) is 5.73 Å². The van der Waals surface area contributed by atoms with Gasteiger partial charge in [0.25, 0.3) is 0 Å². The van der Waals surface area contributed by atoms with Crippen molar-refractivity contribution < 1.29 is 0 Å².